The van der Waals surface area contributed by atoms with Crippen molar-refractivity contribution in [1.82, 2.24) is 5.16 Å². The summed E-state index contributed by atoms with van der Waals surface area (Å²) in [6.45, 7) is 3.81. The van der Waals surface area contributed by atoms with Gasteiger partial charge in [-0.05, 0) is 43.2 Å². The zero-order valence-electron chi connectivity index (χ0n) is 13.5. The van der Waals surface area contributed by atoms with E-state index in [0.29, 0.717) is 22.0 Å². The fourth-order valence-corrected chi connectivity index (χ4v) is 2.68. The van der Waals surface area contributed by atoms with Gasteiger partial charge in [0.1, 0.15) is 17.0 Å². The molecule has 0 spiro atoms. The first-order valence-corrected chi connectivity index (χ1v) is 8.08. The van der Waals surface area contributed by atoms with E-state index >= 15 is 0 Å². The van der Waals surface area contributed by atoms with Crippen molar-refractivity contribution < 1.29 is 9.32 Å². The van der Waals surface area contributed by atoms with Crippen LogP contribution in [0.5, 0.6) is 0 Å². The Morgan fingerprint density at radius 1 is 1.21 bits per heavy atom. The Labute approximate surface area is 145 Å². The second kappa shape index (κ2) is 6.89. The van der Waals surface area contributed by atoms with Gasteiger partial charge in [-0.1, -0.05) is 47.9 Å². The molecular formula is C19H17ClN2O2. The van der Waals surface area contributed by atoms with E-state index in [0.717, 1.165) is 17.7 Å². The Kier molecular flexibility index (Phi) is 4.67. The Morgan fingerprint density at radius 2 is 1.96 bits per heavy atom. The van der Waals surface area contributed by atoms with Crippen LogP contribution in [0.3, 0.4) is 0 Å². The largest absolute Gasteiger partial charge is 0.360 e. The van der Waals surface area contributed by atoms with Crippen LogP contribution in [0.2, 0.25) is 5.02 Å². The van der Waals surface area contributed by atoms with Crippen LogP contribution in [-0.2, 0) is 6.42 Å². The summed E-state index contributed by atoms with van der Waals surface area (Å²) < 4.78 is 5.23. The average molecular weight is 341 g/mol. The SMILES string of the molecule is CCc1ccc(NC(=O)c2c(-c3cccc(Cl)c3)noc2C)cc1. The molecule has 1 amide bonds. The summed E-state index contributed by atoms with van der Waals surface area (Å²) in [5, 5.41) is 7.49. The normalized spacial score (nSPS) is 10.6. The smallest absolute Gasteiger partial charge is 0.261 e. The lowest BCUT2D eigenvalue weighted by atomic mass is 10.1. The molecule has 0 aliphatic carbocycles. The second-order valence-corrected chi connectivity index (χ2v) is 5.91. The van der Waals surface area contributed by atoms with Gasteiger partial charge in [0.15, 0.2) is 0 Å². The summed E-state index contributed by atoms with van der Waals surface area (Å²) in [4.78, 5) is 12.7. The number of amides is 1. The molecule has 0 unspecified atom stereocenters. The molecule has 0 fully saturated rings. The minimum absolute atomic E-state index is 0.257. The number of benzene rings is 2. The van der Waals surface area contributed by atoms with Crippen LogP contribution in [0.25, 0.3) is 11.3 Å². The third-order valence-electron chi connectivity index (χ3n) is 3.81. The molecule has 0 saturated carbocycles. The summed E-state index contributed by atoms with van der Waals surface area (Å²) in [5.41, 5.74) is 3.59. The van der Waals surface area contributed by atoms with Crippen LogP contribution >= 0.6 is 11.6 Å². The Balaban J connectivity index is 1.91. The number of anilines is 1. The van der Waals surface area contributed by atoms with E-state index in [1.165, 1.54) is 5.56 Å². The summed E-state index contributed by atoms with van der Waals surface area (Å²) in [6.07, 6.45) is 0.956. The van der Waals surface area contributed by atoms with E-state index in [-0.39, 0.29) is 5.91 Å². The zero-order valence-corrected chi connectivity index (χ0v) is 14.2. The number of hydrogen-bond donors (Lipinski definition) is 1. The van der Waals surface area contributed by atoms with Crippen molar-refractivity contribution in [3.63, 3.8) is 0 Å². The molecule has 24 heavy (non-hydrogen) atoms. The van der Waals surface area contributed by atoms with E-state index in [1.54, 1.807) is 19.1 Å². The van der Waals surface area contributed by atoms with Gasteiger partial charge < -0.3 is 9.84 Å². The van der Waals surface area contributed by atoms with Gasteiger partial charge in [0.25, 0.3) is 5.91 Å². The molecule has 1 N–H and O–H groups in total. The number of hydrogen-bond acceptors (Lipinski definition) is 3. The van der Waals surface area contributed by atoms with Crippen molar-refractivity contribution >= 4 is 23.2 Å². The molecule has 1 aromatic heterocycles. The van der Waals surface area contributed by atoms with Gasteiger partial charge in [-0.15, -0.1) is 0 Å². The third kappa shape index (κ3) is 3.34. The Bertz CT molecular complexity index is 869. The van der Waals surface area contributed by atoms with E-state index in [9.17, 15) is 4.79 Å². The molecular weight excluding hydrogens is 324 g/mol. The predicted octanol–water partition coefficient (Wildman–Crippen LogP) is 5.12. The van der Waals surface area contributed by atoms with Crippen molar-refractivity contribution in [3.8, 4) is 11.3 Å². The molecule has 2 aromatic carbocycles. The number of carbonyl (C=O) groups excluding carboxylic acids is 1. The number of nitrogens with zero attached hydrogens (tertiary/aromatic N) is 1. The van der Waals surface area contributed by atoms with Crippen molar-refractivity contribution in [2.75, 3.05) is 5.32 Å². The maximum atomic E-state index is 12.7. The van der Waals surface area contributed by atoms with Gasteiger partial charge in [-0.25, -0.2) is 0 Å². The summed E-state index contributed by atoms with van der Waals surface area (Å²) in [6, 6.07) is 14.9. The van der Waals surface area contributed by atoms with Crippen LogP contribution in [0.1, 0.15) is 28.6 Å². The number of carbonyl (C=O) groups is 1. The van der Waals surface area contributed by atoms with E-state index in [1.807, 2.05) is 36.4 Å². The molecule has 0 bridgehead atoms. The number of nitrogens with one attached hydrogen (secondary N) is 1. The number of rotatable bonds is 4. The average Bonchev–Trinajstić information content (AvgIpc) is 2.97. The molecule has 5 heteroatoms. The van der Waals surface area contributed by atoms with E-state index < -0.39 is 0 Å². The van der Waals surface area contributed by atoms with Crippen LogP contribution < -0.4 is 5.32 Å². The molecule has 0 radical (unpaired) electrons. The summed E-state index contributed by atoms with van der Waals surface area (Å²) >= 11 is 6.03. The molecule has 0 aliphatic heterocycles. The van der Waals surface area contributed by atoms with Crippen molar-refractivity contribution in [3.05, 3.63) is 70.4 Å². The second-order valence-electron chi connectivity index (χ2n) is 5.48. The summed E-state index contributed by atoms with van der Waals surface area (Å²) in [7, 11) is 0. The minimum atomic E-state index is -0.257. The van der Waals surface area contributed by atoms with Gasteiger partial charge >= 0.3 is 0 Å². The topological polar surface area (TPSA) is 55.1 Å². The van der Waals surface area contributed by atoms with Gasteiger partial charge in [0, 0.05) is 16.3 Å². The maximum absolute atomic E-state index is 12.7. The van der Waals surface area contributed by atoms with E-state index in [2.05, 4.69) is 17.4 Å². The van der Waals surface area contributed by atoms with Crippen LogP contribution in [0.15, 0.2) is 53.1 Å². The first-order chi connectivity index (χ1) is 11.6. The molecule has 3 rings (SSSR count). The third-order valence-corrected chi connectivity index (χ3v) is 4.04. The van der Waals surface area contributed by atoms with Gasteiger partial charge in [0.05, 0.1) is 0 Å². The van der Waals surface area contributed by atoms with Crippen LogP contribution in [0.4, 0.5) is 5.69 Å². The highest BCUT2D eigenvalue weighted by Gasteiger charge is 2.21. The monoisotopic (exact) mass is 340 g/mol. The molecule has 4 nitrogen and oxygen atoms in total. The Hall–Kier alpha value is -2.59. The fourth-order valence-electron chi connectivity index (χ4n) is 2.49. The van der Waals surface area contributed by atoms with Gasteiger partial charge in [-0.2, -0.15) is 0 Å². The lowest BCUT2D eigenvalue weighted by Crippen LogP contribution is -2.13. The highest BCUT2D eigenvalue weighted by molar-refractivity contribution is 6.30. The van der Waals surface area contributed by atoms with E-state index in [4.69, 9.17) is 16.1 Å². The van der Waals surface area contributed by atoms with Crippen LogP contribution in [0, 0.1) is 6.92 Å². The summed E-state index contributed by atoms with van der Waals surface area (Å²) in [5.74, 6) is 0.209. The van der Waals surface area contributed by atoms with Crippen molar-refractivity contribution in [2.45, 2.75) is 20.3 Å². The lowest BCUT2D eigenvalue weighted by molar-refractivity contribution is 0.102. The first kappa shape index (κ1) is 16.3. The van der Waals surface area contributed by atoms with Crippen LogP contribution in [-0.4, -0.2) is 11.1 Å². The number of aryl methyl sites for hydroxylation is 2. The number of halogens is 1. The quantitative estimate of drug-likeness (QED) is 0.717. The maximum Gasteiger partial charge on any atom is 0.261 e. The highest BCUT2D eigenvalue weighted by Crippen LogP contribution is 2.28. The van der Waals surface area contributed by atoms with Crippen molar-refractivity contribution in [1.29, 1.82) is 0 Å². The molecule has 0 atom stereocenters. The lowest BCUT2D eigenvalue weighted by Gasteiger charge is -2.07. The highest BCUT2D eigenvalue weighted by atomic mass is 35.5. The van der Waals surface area contributed by atoms with Gasteiger partial charge in [-0.3, -0.25) is 4.79 Å². The molecule has 0 aliphatic rings. The zero-order chi connectivity index (χ0) is 17.1. The predicted molar refractivity (Wildman–Crippen MR) is 95.5 cm³/mol. The Morgan fingerprint density at radius 3 is 2.62 bits per heavy atom. The van der Waals surface area contributed by atoms with Crippen molar-refractivity contribution in [2.24, 2.45) is 0 Å². The molecule has 3 aromatic rings. The molecule has 0 saturated heterocycles. The minimum Gasteiger partial charge on any atom is -0.360 e. The fraction of sp³-hybridized carbons (Fsp3) is 0.158. The molecule has 1 heterocycles. The standard InChI is InChI=1S/C19H17ClN2O2/c1-3-13-7-9-16(10-8-13)21-19(23)17-12(2)24-22-18(17)14-5-4-6-15(20)11-14/h4-11H,3H2,1-2H3,(H,21,23). The first-order valence-electron chi connectivity index (χ1n) is 7.71. The van der Waals surface area contributed by atoms with Gasteiger partial charge in [0.2, 0.25) is 0 Å². The molecule has 122 valence electrons. The number of aromatic nitrogens is 1.